The van der Waals surface area contributed by atoms with Crippen LogP contribution in [0.4, 0.5) is 0 Å². The Morgan fingerprint density at radius 2 is 1.88 bits per heavy atom. The van der Waals surface area contributed by atoms with E-state index < -0.39 is 11.5 Å². The van der Waals surface area contributed by atoms with Gasteiger partial charge < -0.3 is 15.2 Å². The number of ether oxygens (including phenoxy) is 1. The van der Waals surface area contributed by atoms with Gasteiger partial charge in [-0.3, -0.25) is 4.79 Å². The summed E-state index contributed by atoms with van der Waals surface area (Å²) in [4.78, 5) is 13.2. The quantitative estimate of drug-likeness (QED) is 0.848. The van der Waals surface area contributed by atoms with E-state index in [9.17, 15) is 9.90 Å². The van der Waals surface area contributed by atoms with E-state index in [1.54, 1.807) is 7.11 Å². The van der Waals surface area contributed by atoms with Gasteiger partial charge in [-0.05, 0) is 36.1 Å². The molecule has 0 bridgehead atoms. The maximum Gasteiger partial charge on any atom is 0.231 e. The average molecular weight is 339 g/mol. The number of rotatable bonds is 6. The van der Waals surface area contributed by atoms with E-state index in [2.05, 4.69) is 5.32 Å². The minimum absolute atomic E-state index is 0.0128. The third-order valence-corrected chi connectivity index (χ3v) is 5.20. The number of benzene rings is 2. The van der Waals surface area contributed by atoms with Gasteiger partial charge in [0.15, 0.2) is 0 Å². The van der Waals surface area contributed by atoms with Crippen molar-refractivity contribution in [1.29, 1.82) is 0 Å². The van der Waals surface area contributed by atoms with Gasteiger partial charge in [-0.15, -0.1) is 0 Å². The normalized spacial score (nSPS) is 17.0. The summed E-state index contributed by atoms with van der Waals surface area (Å²) in [7, 11) is 1.64. The van der Waals surface area contributed by atoms with E-state index in [4.69, 9.17) is 4.74 Å². The Morgan fingerprint density at radius 3 is 2.52 bits per heavy atom. The Bertz CT molecular complexity index is 708. The Labute approximate surface area is 148 Å². The third-order valence-electron chi connectivity index (χ3n) is 5.20. The minimum atomic E-state index is -0.545. The first-order valence-electron chi connectivity index (χ1n) is 8.81. The lowest BCUT2D eigenvalue weighted by atomic mass is 9.77. The molecule has 0 radical (unpaired) electrons. The van der Waals surface area contributed by atoms with Crippen molar-refractivity contribution in [3.63, 3.8) is 0 Å². The predicted octanol–water partition coefficient (Wildman–Crippen LogP) is 3.36. The van der Waals surface area contributed by atoms with Crippen LogP contribution in [0.3, 0.4) is 0 Å². The van der Waals surface area contributed by atoms with Crippen molar-refractivity contribution in [2.45, 2.75) is 37.1 Å². The largest absolute Gasteiger partial charge is 0.497 e. The van der Waals surface area contributed by atoms with Gasteiger partial charge in [-0.25, -0.2) is 0 Å². The fraction of sp³-hybridized carbons (Fsp3) is 0.381. The third kappa shape index (κ3) is 3.54. The molecule has 0 aliphatic heterocycles. The fourth-order valence-corrected chi connectivity index (χ4v) is 3.76. The van der Waals surface area contributed by atoms with Gasteiger partial charge in [0.05, 0.1) is 25.2 Å². The zero-order valence-corrected chi connectivity index (χ0v) is 14.6. The minimum Gasteiger partial charge on any atom is -0.497 e. The second kappa shape index (κ2) is 7.70. The van der Waals surface area contributed by atoms with Gasteiger partial charge in [0.2, 0.25) is 5.91 Å². The summed E-state index contributed by atoms with van der Waals surface area (Å²) in [6, 6.07) is 17.0. The second-order valence-electron chi connectivity index (χ2n) is 6.64. The summed E-state index contributed by atoms with van der Waals surface area (Å²) in [5, 5.41) is 12.8. The number of aliphatic hydroxyl groups is 1. The fourth-order valence-electron chi connectivity index (χ4n) is 3.76. The van der Waals surface area contributed by atoms with Crippen molar-refractivity contribution >= 4 is 5.91 Å². The number of hydrogen-bond donors (Lipinski definition) is 2. The number of hydrogen-bond acceptors (Lipinski definition) is 3. The highest BCUT2D eigenvalue weighted by Gasteiger charge is 2.43. The molecule has 1 aliphatic rings. The maximum atomic E-state index is 13.2. The molecule has 2 aromatic carbocycles. The summed E-state index contributed by atoms with van der Waals surface area (Å²) in [5.74, 6) is 0.750. The van der Waals surface area contributed by atoms with Crippen LogP contribution in [-0.2, 0) is 10.2 Å². The summed E-state index contributed by atoms with van der Waals surface area (Å²) in [6.07, 6.45) is 3.69. The van der Waals surface area contributed by atoms with Crippen LogP contribution in [0.15, 0.2) is 54.6 Å². The number of amides is 1. The molecule has 1 atom stereocenters. The molecular formula is C21H25NO3. The molecule has 1 fully saturated rings. The van der Waals surface area contributed by atoms with Crippen molar-refractivity contribution in [3.8, 4) is 5.75 Å². The second-order valence-corrected chi connectivity index (χ2v) is 6.64. The molecule has 0 spiro atoms. The summed E-state index contributed by atoms with van der Waals surface area (Å²) >= 11 is 0. The van der Waals surface area contributed by atoms with E-state index in [1.807, 2.05) is 54.6 Å². The zero-order valence-electron chi connectivity index (χ0n) is 14.6. The molecule has 2 N–H and O–H groups in total. The molecule has 0 saturated heterocycles. The molecule has 25 heavy (non-hydrogen) atoms. The van der Waals surface area contributed by atoms with Crippen molar-refractivity contribution in [1.82, 2.24) is 5.32 Å². The topological polar surface area (TPSA) is 58.6 Å². The van der Waals surface area contributed by atoms with Crippen molar-refractivity contribution in [2.24, 2.45) is 0 Å². The van der Waals surface area contributed by atoms with Crippen LogP contribution in [0.5, 0.6) is 5.75 Å². The molecular weight excluding hydrogens is 314 g/mol. The lowest BCUT2D eigenvalue weighted by molar-refractivity contribution is -0.127. The van der Waals surface area contributed by atoms with E-state index in [0.717, 1.165) is 42.6 Å². The zero-order chi connectivity index (χ0) is 17.7. The SMILES string of the molecule is COc1cccc(C2(C(=O)N[C@H](CO)c3ccccc3)CCCC2)c1. The van der Waals surface area contributed by atoms with E-state index in [-0.39, 0.29) is 12.5 Å². The lowest BCUT2D eigenvalue weighted by Crippen LogP contribution is -2.45. The van der Waals surface area contributed by atoms with Crippen LogP contribution in [-0.4, -0.2) is 24.7 Å². The first-order valence-corrected chi connectivity index (χ1v) is 8.81. The van der Waals surface area contributed by atoms with Crippen LogP contribution in [0.1, 0.15) is 42.9 Å². The summed E-state index contributed by atoms with van der Waals surface area (Å²) in [6.45, 7) is -0.121. The van der Waals surface area contributed by atoms with Crippen LogP contribution in [0.2, 0.25) is 0 Å². The van der Waals surface area contributed by atoms with Crippen molar-refractivity contribution in [2.75, 3.05) is 13.7 Å². The molecule has 4 nitrogen and oxygen atoms in total. The van der Waals surface area contributed by atoms with E-state index in [1.165, 1.54) is 0 Å². The van der Waals surface area contributed by atoms with Gasteiger partial charge in [0.25, 0.3) is 0 Å². The highest BCUT2D eigenvalue weighted by molar-refractivity contribution is 5.89. The number of carbonyl (C=O) groups is 1. The number of aliphatic hydroxyl groups excluding tert-OH is 1. The molecule has 0 heterocycles. The highest BCUT2D eigenvalue weighted by atomic mass is 16.5. The van der Waals surface area contributed by atoms with Crippen LogP contribution in [0, 0.1) is 0 Å². The van der Waals surface area contributed by atoms with Gasteiger partial charge in [-0.2, -0.15) is 0 Å². The molecule has 1 saturated carbocycles. The standard InChI is InChI=1S/C21H25NO3/c1-25-18-11-7-10-17(14-18)21(12-5-6-13-21)20(24)22-19(15-23)16-8-3-2-4-9-16/h2-4,7-11,14,19,23H,5-6,12-13,15H2,1H3,(H,22,24)/t19-/m1/s1. The van der Waals surface area contributed by atoms with E-state index in [0.29, 0.717) is 0 Å². The lowest BCUT2D eigenvalue weighted by Gasteiger charge is -2.31. The van der Waals surface area contributed by atoms with Crippen molar-refractivity contribution in [3.05, 3.63) is 65.7 Å². The first kappa shape index (κ1) is 17.5. The number of methoxy groups -OCH3 is 1. The molecule has 2 aromatic rings. The van der Waals surface area contributed by atoms with Gasteiger partial charge in [0.1, 0.15) is 5.75 Å². The van der Waals surface area contributed by atoms with E-state index >= 15 is 0 Å². The molecule has 1 amide bonds. The van der Waals surface area contributed by atoms with Crippen molar-refractivity contribution < 1.29 is 14.6 Å². The average Bonchev–Trinajstić information content (AvgIpc) is 3.18. The highest BCUT2D eigenvalue weighted by Crippen LogP contribution is 2.42. The van der Waals surface area contributed by atoms with Crippen LogP contribution < -0.4 is 10.1 Å². The number of nitrogens with one attached hydrogen (secondary N) is 1. The molecule has 132 valence electrons. The molecule has 4 heteroatoms. The van der Waals surface area contributed by atoms with Crippen LogP contribution in [0.25, 0.3) is 0 Å². The smallest absolute Gasteiger partial charge is 0.231 e. The molecule has 0 unspecified atom stereocenters. The Kier molecular flexibility index (Phi) is 5.39. The van der Waals surface area contributed by atoms with Gasteiger partial charge in [0, 0.05) is 0 Å². The Morgan fingerprint density at radius 1 is 1.16 bits per heavy atom. The predicted molar refractivity (Wildman–Crippen MR) is 97.6 cm³/mol. The summed E-state index contributed by atoms with van der Waals surface area (Å²) in [5.41, 5.74) is 1.36. The summed E-state index contributed by atoms with van der Waals surface area (Å²) < 4.78 is 5.34. The molecule has 0 aromatic heterocycles. The Hall–Kier alpha value is -2.33. The van der Waals surface area contributed by atoms with Gasteiger partial charge in [-0.1, -0.05) is 55.3 Å². The molecule has 1 aliphatic carbocycles. The maximum absolute atomic E-state index is 13.2. The van der Waals surface area contributed by atoms with Gasteiger partial charge >= 0.3 is 0 Å². The molecule has 3 rings (SSSR count). The first-order chi connectivity index (χ1) is 12.2. The Balaban J connectivity index is 1.88. The number of carbonyl (C=O) groups excluding carboxylic acids is 1. The monoisotopic (exact) mass is 339 g/mol. The van der Waals surface area contributed by atoms with Crippen LogP contribution >= 0.6 is 0 Å².